The summed E-state index contributed by atoms with van der Waals surface area (Å²) in [6.45, 7) is 2.28. The summed E-state index contributed by atoms with van der Waals surface area (Å²) in [6.07, 6.45) is 3.40. The van der Waals surface area contributed by atoms with Gasteiger partial charge in [0, 0.05) is 25.2 Å². The lowest BCUT2D eigenvalue weighted by atomic mass is 10.1. The second-order valence-electron chi connectivity index (χ2n) is 5.17. The van der Waals surface area contributed by atoms with Gasteiger partial charge in [-0.3, -0.25) is 4.90 Å². The normalized spacial score (nSPS) is 28.6. The fourth-order valence-electron chi connectivity index (χ4n) is 3.25. The Morgan fingerprint density at radius 2 is 2.24 bits per heavy atom. The second-order valence-corrected chi connectivity index (χ2v) is 5.17. The predicted octanol–water partition coefficient (Wildman–Crippen LogP) is 2.11. The zero-order valence-corrected chi connectivity index (χ0v) is 10.2. The maximum atomic E-state index is 13.2. The molecule has 1 aliphatic carbocycles. The van der Waals surface area contributed by atoms with Crippen molar-refractivity contribution in [3.63, 3.8) is 0 Å². The molecule has 0 aromatic heterocycles. The van der Waals surface area contributed by atoms with Crippen LogP contribution >= 0.6 is 0 Å². The van der Waals surface area contributed by atoms with Crippen LogP contribution in [0.4, 0.5) is 4.39 Å². The van der Waals surface area contributed by atoms with E-state index in [1.807, 2.05) is 13.1 Å². The minimum absolute atomic E-state index is 0.0982. The zero-order chi connectivity index (χ0) is 11.8. The first-order valence-corrected chi connectivity index (χ1v) is 6.47. The summed E-state index contributed by atoms with van der Waals surface area (Å²) in [6, 6.07) is 6.43. The van der Waals surface area contributed by atoms with Crippen LogP contribution < -0.4 is 5.32 Å². The van der Waals surface area contributed by atoms with Crippen molar-refractivity contribution >= 4 is 0 Å². The molecule has 17 heavy (non-hydrogen) atoms. The van der Waals surface area contributed by atoms with E-state index in [1.54, 1.807) is 12.1 Å². The first-order chi connectivity index (χ1) is 8.28. The van der Waals surface area contributed by atoms with Gasteiger partial charge >= 0.3 is 0 Å². The molecule has 1 fully saturated rings. The minimum Gasteiger partial charge on any atom is -0.316 e. The number of benzene rings is 1. The lowest BCUT2D eigenvalue weighted by Gasteiger charge is -2.24. The van der Waals surface area contributed by atoms with Crippen molar-refractivity contribution in [3.05, 3.63) is 35.1 Å². The number of likely N-dealkylation sites (N-methyl/N-ethyl adjacent to an activating group) is 1. The van der Waals surface area contributed by atoms with Crippen LogP contribution in [0.1, 0.15) is 30.0 Å². The van der Waals surface area contributed by atoms with Gasteiger partial charge in [-0.25, -0.2) is 4.39 Å². The lowest BCUT2D eigenvalue weighted by Crippen LogP contribution is -2.31. The molecule has 1 aromatic carbocycles. The van der Waals surface area contributed by atoms with Gasteiger partial charge < -0.3 is 5.32 Å². The Kier molecular flexibility index (Phi) is 2.89. The molecule has 0 amide bonds. The van der Waals surface area contributed by atoms with E-state index in [0.29, 0.717) is 12.1 Å². The van der Waals surface area contributed by atoms with Crippen LogP contribution in [0.25, 0.3) is 0 Å². The van der Waals surface area contributed by atoms with Crippen LogP contribution in [0.15, 0.2) is 18.2 Å². The number of nitrogens with one attached hydrogen (secondary N) is 1. The average Bonchev–Trinajstić information content (AvgIpc) is 2.93. The van der Waals surface area contributed by atoms with Crippen molar-refractivity contribution in [1.82, 2.24) is 10.2 Å². The first-order valence-electron chi connectivity index (χ1n) is 6.47. The molecule has 2 atom stereocenters. The Labute approximate surface area is 102 Å². The largest absolute Gasteiger partial charge is 0.316 e. The highest BCUT2D eigenvalue weighted by Crippen LogP contribution is 2.37. The number of nitrogens with zero attached hydrogens (tertiary/aromatic N) is 1. The fourth-order valence-corrected chi connectivity index (χ4v) is 3.25. The Balaban J connectivity index is 1.80. The van der Waals surface area contributed by atoms with Crippen LogP contribution in [0, 0.1) is 5.82 Å². The van der Waals surface area contributed by atoms with E-state index in [2.05, 4.69) is 10.2 Å². The third-order valence-corrected chi connectivity index (χ3v) is 4.22. The van der Waals surface area contributed by atoms with E-state index in [4.69, 9.17) is 0 Å². The monoisotopic (exact) mass is 234 g/mol. The van der Waals surface area contributed by atoms with Gasteiger partial charge in [0.25, 0.3) is 0 Å². The van der Waals surface area contributed by atoms with Crippen LogP contribution in [-0.2, 0) is 6.42 Å². The maximum Gasteiger partial charge on any atom is 0.123 e. The Hall–Kier alpha value is -0.930. The van der Waals surface area contributed by atoms with Crippen molar-refractivity contribution in [2.45, 2.75) is 31.3 Å². The smallest absolute Gasteiger partial charge is 0.123 e. The van der Waals surface area contributed by atoms with Gasteiger partial charge in [0.2, 0.25) is 0 Å². The molecule has 92 valence electrons. The molecule has 1 aliphatic heterocycles. The molecule has 0 radical (unpaired) electrons. The molecule has 0 bridgehead atoms. The topological polar surface area (TPSA) is 15.3 Å². The number of hydrogen-bond acceptors (Lipinski definition) is 2. The standard InChI is InChI=1S/C14H19FN2/c1-16-12-6-7-17(9-12)14-5-2-10-8-11(15)3-4-13(10)14/h3-4,8,12,14,16H,2,5-7,9H2,1H3. The molecule has 0 saturated carbocycles. The molecule has 3 heteroatoms. The van der Waals surface area contributed by atoms with E-state index in [1.165, 1.54) is 17.5 Å². The van der Waals surface area contributed by atoms with Gasteiger partial charge in [0.15, 0.2) is 0 Å². The average molecular weight is 234 g/mol. The van der Waals surface area contributed by atoms with Crippen molar-refractivity contribution in [2.75, 3.05) is 20.1 Å². The summed E-state index contributed by atoms with van der Waals surface area (Å²) in [5.41, 5.74) is 2.56. The van der Waals surface area contributed by atoms with E-state index in [9.17, 15) is 4.39 Å². The summed E-state index contributed by atoms with van der Waals surface area (Å²) in [5, 5.41) is 3.35. The summed E-state index contributed by atoms with van der Waals surface area (Å²) < 4.78 is 13.2. The van der Waals surface area contributed by atoms with Crippen molar-refractivity contribution in [3.8, 4) is 0 Å². The molecule has 2 unspecified atom stereocenters. The Morgan fingerprint density at radius 1 is 1.35 bits per heavy atom. The van der Waals surface area contributed by atoms with Crippen molar-refractivity contribution < 1.29 is 4.39 Å². The van der Waals surface area contributed by atoms with Crippen LogP contribution in [-0.4, -0.2) is 31.1 Å². The third kappa shape index (κ3) is 1.98. The zero-order valence-electron chi connectivity index (χ0n) is 10.2. The van der Waals surface area contributed by atoms with E-state index in [-0.39, 0.29) is 5.82 Å². The van der Waals surface area contributed by atoms with Crippen molar-refractivity contribution in [2.24, 2.45) is 0 Å². The number of halogens is 1. The SMILES string of the molecule is CNC1CCN(C2CCc3cc(F)ccc32)C1. The van der Waals surface area contributed by atoms with E-state index < -0.39 is 0 Å². The highest BCUT2D eigenvalue weighted by molar-refractivity contribution is 5.35. The van der Waals surface area contributed by atoms with Crippen LogP contribution in [0.3, 0.4) is 0 Å². The maximum absolute atomic E-state index is 13.2. The summed E-state index contributed by atoms with van der Waals surface area (Å²) >= 11 is 0. The molecule has 3 rings (SSSR count). The first kappa shape index (κ1) is 11.2. The van der Waals surface area contributed by atoms with Gasteiger partial charge in [-0.05, 0) is 49.6 Å². The van der Waals surface area contributed by atoms with Gasteiger partial charge in [0.1, 0.15) is 5.82 Å². The Morgan fingerprint density at radius 3 is 3.00 bits per heavy atom. The quantitative estimate of drug-likeness (QED) is 0.843. The van der Waals surface area contributed by atoms with Gasteiger partial charge in [0.05, 0.1) is 0 Å². The molecule has 1 heterocycles. The highest BCUT2D eigenvalue weighted by Gasteiger charge is 2.32. The number of likely N-dealkylation sites (tertiary alicyclic amines) is 1. The highest BCUT2D eigenvalue weighted by atomic mass is 19.1. The third-order valence-electron chi connectivity index (χ3n) is 4.22. The molecular weight excluding hydrogens is 215 g/mol. The molecule has 2 aliphatic rings. The molecule has 2 nitrogen and oxygen atoms in total. The van der Waals surface area contributed by atoms with Gasteiger partial charge in [-0.1, -0.05) is 6.07 Å². The van der Waals surface area contributed by atoms with E-state index >= 15 is 0 Å². The Bertz CT molecular complexity index is 419. The van der Waals surface area contributed by atoms with Crippen LogP contribution in [0.5, 0.6) is 0 Å². The summed E-state index contributed by atoms with van der Waals surface area (Å²) in [5.74, 6) is -0.0982. The summed E-state index contributed by atoms with van der Waals surface area (Å²) in [4.78, 5) is 2.55. The van der Waals surface area contributed by atoms with Crippen LogP contribution in [0.2, 0.25) is 0 Å². The number of fused-ring (bicyclic) bond motifs is 1. The minimum atomic E-state index is -0.0982. The molecule has 0 spiro atoms. The predicted molar refractivity (Wildman–Crippen MR) is 66.5 cm³/mol. The van der Waals surface area contributed by atoms with Gasteiger partial charge in [-0.2, -0.15) is 0 Å². The number of rotatable bonds is 2. The number of aryl methyl sites for hydroxylation is 1. The molecule has 1 saturated heterocycles. The van der Waals surface area contributed by atoms with E-state index in [0.717, 1.165) is 25.9 Å². The lowest BCUT2D eigenvalue weighted by molar-refractivity contribution is 0.240. The van der Waals surface area contributed by atoms with Gasteiger partial charge in [-0.15, -0.1) is 0 Å². The summed E-state index contributed by atoms with van der Waals surface area (Å²) in [7, 11) is 2.03. The molecule has 1 aromatic rings. The number of hydrogen-bond donors (Lipinski definition) is 1. The van der Waals surface area contributed by atoms with Crippen molar-refractivity contribution in [1.29, 1.82) is 0 Å². The molecular formula is C14H19FN2. The molecule has 1 N–H and O–H groups in total. The fraction of sp³-hybridized carbons (Fsp3) is 0.571. The second kappa shape index (κ2) is 4.39.